The second kappa shape index (κ2) is 7.43. The van der Waals surface area contributed by atoms with Gasteiger partial charge >= 0.3 is 0 Å². The maximum Gasteiger partial charge on any atom is 0.251 e. The number of hydrogen-bond donors (Lipinski definition) is 2. The van der Waals surface area contributed by atoms with Crippen molar-refractivity contribution in [2.24, 2.45) is 0 Å². The summed E-state index contributed by atoms with van der Waals surface area (Å²) >= 11 is 0. The largest absolute Gasteiger partial charge is 0.354 e. The highest BCUT2D eigenvalue weighted by Gasteiger charge is 2.32. The number of hydrogen-bond acceptors (Lipinski definition) is 4. The van der Waals surface area contributed by atoms with Crippen LogP contribution >= 0.6 is 0 Å². The second-order valence-electron chi connectivity index (χ2n) is 6.44. The molecule has 0 saturated carbocycles. The van der Waals surface area contributed by atoms with Crippen molar-refractivity contribution in [1.29, 1.82) is 0 Å². The van der Waals surface area contributed by atoms with E-state index in [9.17, 15) is 18.0 Å². The van der Waals surface area contributed by atoms with Crippen LogP contribution in [0.1, 0.15) is 43.1 Å². The van der Waals surface area contributed by atoms with Crippen molar-refractivity contribution in [3.63, 3.8) is 0 Å². The van der Waals surface area contributed by atoms with Crippen LogP contribution in [0.15, 0.2) is 18.2 Å². The van der Waals surface area contributed by atoms with Crippen LogP contribution in [0.3, 0.4) is 0 Å². The molecule has 2 rings (SSSR count). The lowest BCUT2D eigenvalue weighted by molar-refractivity contribution is -0.122. The molecule has 2 amide bonds. The van der Waals surface area contributed by atoms with Crippen LogP contribution in [0, 0.1) is 0 Å². The number of amides is 2. The lowest BCUT2D eigenvalue weighted by atomic mass is 10.1. The Morgan fingerprint density at radius 2 is 2.04 bits per heavy atom. The third kappa shape index (κ3) is 4.31. The second-order valence-corrected chi connectivity index (χ2v) is 8.30. The van der Waals surface area contributed by atoms with E-state index in [1.165, 1.54) is 10.6 Å². The summed E-state index contributed by atoms with van der Waals surface area (Å²) in [7, 11) is -3.36. The van der Waals surface area contributed by atoms with Crippen LogP contribution in [0.5, 0.6) is 0 Å². The first-order chi connectivity index (χ1) is 11.6. The third-order valence-electron chi connectivity index (χ3n) is 4.14. The SMILES string of the molecule is CCCNC(=O)C(C)NC(=O)c1ccc2c(c1)CC(C)N2S(C)(=O)=O. The Morgan fingerprint density at radius 1 is 1.36 bits per heavy atom. The first-order valence-electron chi connectivity index (χ1n) is 8.36. The highest BCUT2D eigenvalue weighted by atomic mass is 32.2. The van der Waals surface area contributed by atoms with Crippen molar-refractivity contribution in [1.82, 2.24) is 10.6 Å². The van der Waals surface area contributed by atoms with E-state index in [4.69, 9.17) is 0 Å². The van der Waals surface area contributed by atoms with Gasteiger partial charge in [-0.25, -0.2) is 8.42 Å². The van der Waals surface area contributed by atoms with E-state index in [1.54, 1.807) is 25.1 Å². The molecule has 0 fully saturated rings. The molecule has 0 bridgehead atoms. The summed E-state index contributed by atoms with van der Waals surface area (Å²) in [4.78, 5) is 24.2. The number of benzene rings is 1. The monoisotopic (exact) mass is 367 g/mol. The molecule has 0 saturated heterocycles. The predicted octanol–water partition coefficient (Wildman–Crippen LogP) is 1.04. The molecule has 1 aliphatic rings. The van der Waals surface area contributed by atoms with Gasteiger partial charge in [-0.2, -0.15) is 0 Å². The standard InChI is InChI=1S/C17H25N3O4S/c1-5-8-18-16(21)12(3)19-17(22)13-6-7-15-14(10-13)9-11(2)20(15)25(4,23)24/h6-7,10-12H,5,8-9H2,1-4H3,(H,18,21)(H,19,22). The number of carbonyl (C=O) groups excluding carboxylic acids is 2. The van der Waals surface area contributed by atoms with Gasteiger partial charge in [0.1, 0.15) is 6.04 Å². The zero-order valence-corrected chi connectivity index (χ0v) is 15.8. The Labute approximate surface area is 148 Å². The summed E-state index contributed by atoms with van der Waals surface area (Å²) in [6.07, 6.45) is 2.55. The van der Waals surface area contributed by atoms with Gasteiger partial charge in [-0.15, -0.1) is 0 Å². The van der Waals surface area contributed by atoms with Gasteiger partial charge < -0.3 is 10.6 Å². The lowest BCUT2D eigenvalue weighted by Crippen LogP contribution is -2.45. The molecule has 138 valence electrons. The van der Waals surface area contributed by atoms with Crippen molar-refractivity contribution in [2.75, 3.05) is 17.1 Å². The van der Waals surface area contributed by atoms with Crippen LogP contribution < -0.4 is 14.9 Å². The van der Waals surface area contributed by atoms with Gasteiger partial charge in [0.25, 0.3) is 5.91 Å². The average Bonchev–Trinajstić information content (AvgIpc) is 2.86. The van der Waals surface area contributed by atoms with Crippen LogP contribution in [0.25, 0.3) is 0 Å². The van der Waals surface area contributed by atoms with E-state index < -0.39 is 16.1 Å². The van der Waals surface area contributed by atoms with Crippen molar-refractivity contribution >= 4 is 27.5 Å². The summed E-state index contributed by atoms with van der Waals surface area (Å²) in [5, 5.41) is 5.40. The van der Waals surface area contributed by atoms with Crippen molar-refractivity contribution < 1.29 is 18.0 Å². The molecule has 1 heterocycles. The molecule has 1 aliphatic heterocycles. The van der Waals surface area contributed by atoms with Gasteiger partial charge in [0.05, 0.1) is 11.9 Å². The van der Waals surface area contributed by atoms with Gasteiger partial charge in [-0.1, -0.05) is 6.92 Å². The molecule has 2 unspecified atom stereocenters. The fraction of sp³-hybridized carbons (Fsp3) is 0.529. The van der Waals surface area contributed by atoms with Crippen LogP contribution in [-0.4, -0.2) is 45.1 Å². The zero-order chi connectivity index (χ0) is 18.8. The molecule has 25 heavy (non-hydrogen) atoms. The zero-order valence-electron chi connectivity index (χ0n) is 15.0. The van der Waals surface area contributed by atoms with E-state index >= 15 is 0 Å². The Balaban J connectivity index is 2.14. The maximum atomic E-state index is 12.4. The molecule has 2 atom stereocenters. The summed E-state index contributed by atoms with van der Waals surface area (Å²) in [6.45, 7) is 5.98. The molecule has 7 nitrogen and oxygen atoms in total. The quantitative estimate of drug-likeness (QED) is 0.785. The Hall–Kier alpha value is -2.09. The van der Waals surface area contributed by atoms with Crippen molar-refractivity contribution in [3.05, 3.63) is 29.3 Å². The molecule has 2 N–H and O–H groups in total. The van der Waals surface area contributed by atoms with Crippen LogP contribution in [0.2, 0.25) is 0 Å². The Bertz CT molecular complexity index is 776. The van der Waals surface area contributed by atoms with E-state index in [-0.39, 0.29) is 17.9 Å². The number of nitrogens with one attached hydrogen (secondary N) is 2. The van der Waals surface area contributed by atoms with E-state index in [2.05, 4.69) is 10.6 Å². The molecule has 0 radical (unpaired) electrons. The van der Waals surface area contributed by atoms with E-state index in [0.29, 0.717) is 24.2 Å². The summed E-state index contributed by atoms with van der Waals surface area (Å²) in [5.74, 6) is -0.583. The lowest BCUT2D eigenvalue weighted by Gasteiger charge is -2.22. The number of carbonyl (C=O) groups is 2. The molecular formula is C17H25N3O4S. The topological polar surface area (TPSA) is 95.6 Å². The molecule has 1 aromatic rings. The molecule has 8 heteroatoms. The van der Waals surface area contributed by atoms with Gasteiger partial charge in [-0.05, 0) is 50.5 Å². The summed E-state index contributed by atoms with van der Waals surface area (Å²) in [6, 6.07) is 4.11. The average molecular weight is 367 g/mol. The number of fused-ring (bicyclic) bond motifs is 1. The molecular weight excluding hydrogens is 342 g/mol. The Kier molecular flexibility index (Phi) is 5.72. The number of rotatable bonds is 6. The van der Waals surface area contributed by atoms with E-state index in [1.807, 2.05) is 13.8 Å². The smallest absolute Gasteiger partial charge is 0.251 e. The number of sulfonamides is 1. The highest BCUT2D eigenvalue weighted by molar-refractivity contribution is 7.92. The fourth-order valence-electron chi connectivity index (χ4n) is 3.00. The third-order valence-corrected chi connectivity index (χ3v) is 5.41. The molecule has 1 aromatic carbocycles. The predicted molar refractivity (Wildman–Crippen MR) is 97.2 cm³/mol. The molecule has 0 spiro atoms. The van der Waals surface area contributed by atoms with E-state index in [0.717, 1.165) is 12.0 Å². The first kappa shape index (κ1) is 19.2. The van der Waals surface area contributed by atoms with Gasteiger partial charge in [0.2, 0.25) is 15.9 Å². The highest BCUT2D eigenvalue weighted by Crippen LogP contribution is 2.34. The normalized spacial score (nSPS) is 17.8. The van der Waals surface area contributed by atoms with Gasteiger partial charge in [0, 0.05) is 18.2 Å². The summed E-state index contributed by atoms with van der Waals surface area (Å²) < 4.78 is 25.2. The van der Waals surface area contributed by atoms with Crippen LogP contribution in [-0.2, 0) is 21.2 Å². The van der Waals surface area contributed by atoms with Gasteiger partial charge in [0.15, 0.2) is 0 Å². The van der Waals surface area contributed by atoms with Crippen molar-refractivity contribution in [2.45, 2.75) is 45.7 Å². The number of nitrogens with zero attached hydrogens (tertiary/aromatic N) is 1. The minimum absolute atomic E-state index is 0.179. The maximum absolute atomic E-state index is 12.4. The van der Waals surface area contributed by atoms with Crippen molar-refractivity contribution in [3.8, 4) is 0 Å². The minimum atomic E-state index is -3.36. The number of anilines is 1. The molecule has 0 aromatic heterocycles. The van der Waals surface area contributed by atoms with Crippen LogP contribution in [0.4, 0.5) is 5.69 Å². The Morgan fingerprint density at radius 3 is 2.64 bits per heavy atom. The summed E-state index contributed by atoms with van der Waals surface area (Å²) in [5.41, 5.74) is 1.84. The molecule has 0 aliphatic carbocycles. The first-order valence-corrected chi connectivity index (χ1v) is 10.2. The fourth-order valence-corrected chi connectivity index (χ4v) is 4.26. The minimum Gasteiger partial charge on any atom is -0.354 e. The van der Waals surface area contributed by atoms with Gasteiger partial charge in [-0.3, -0.25) is 13.9 Å².